The van der Waals surface area contributed by atoms with Gasteiger partial charge in [0.05, 0.1) is 23.6 Å². The van der Waals surface area contributed by atoms with Crippen molar-refractivity contribution < 1.29 is 23.9 Å². The summed E-state index contributed by atoms with van der Waals surface area (Å²) in [4.78, 5) is 40.6. The highest BCUT2D eigenvalue weighted by molar-refractivity contribution is 9.10. The first kappa shape index (κ1) is 21.7. The summed E-state index contributed by atoms with van der Waals surface area (Å²) < 4.78 is 11.3. The van der Waals surface area contributed by atoms with E-state index in [-0.39, 0.29) is 17.4 Å². The number of piperidine rings is 1. The fourth-order valence-corrected chi connectivity index (χ4v) is 4.76. The maximum atomic E-state index is 12.7. The Kier molecular flexibility index (Phi) is 6.89. The Morgan fingerprint density at radius 2 is 1.93 bits per heavy atom. The molecule has 0 radical (unpaired) electrons. The van der Waals surface area contributed by atoms with Crippen LogP contribution in [-0.4, -0.2) is 60.7 Å². The Labute approximate surface area is 182 Å². The van der Waals surface area contributed by atoms with Crippen LogP contribution in [0.2, 0.25) is 0 Å². The number of ether oxygens (including phenoxy) is 2. The second-order valence-corrected chi connectivity index (χ2v) is 8.92. The number of hydrogen-bond acceptors (Lipinski definition) is 6. The minimum atomic E-state index is -0.454. The van der Waals surface area contributed by atoms with Crippen molar-refractivity contribution >= 4 is 50.8 Å². The van der Waals surface area contributed by atoms with Crippen LogP contribution < -0.4 is 9.47 Å². The van der Waals surface area contributed by atoms with E-state index in [9.17, 15) is 14.4 Å². The Balaban J connectivity index is 1.75. The van der Waals surface area contributed by atoms with Gasteiger partial charge in [-0.15, -0.1) is 0 Å². The molecule has 2 aliphatic rings. The molecule has 0 N–H and O–H groups in total. The largest absolute Gasteiger partial charge is 0.493 e. The quantitative estimate of drug-likeness (QED) is 0.594. The van der Waals surface area contributed by atoms with Crippen LogP contribution in [0, 0.1) is 5.92 Å². The number of imide groups is 1. The number of halogens is 1. The summed E-state index contributed by atoms with van der Waals surface area (Å²) in [5.74, 6) is 1.00. The summed E-state index contributed by atoms with van der Waals surface area (Å²) in [7, 11) is 3.06. The molecule has 2 saturated heterocycles. The monoisotopic (exact) mass is 482 g/mol. The van der Waals surface area contributed by atoms with Gasteiger partial charge in [-0.1, -0.05) is 6.92 Å². The first-order valence-corrected chi connectivity index (χ1v) is 10.9. The molecule has 0 aliphatic carbocycles. The summed E-state index contributed by atoms with van der Waals surface area (Å²) in [5.41, 5.74) is 0.677. The van der Waals surface area contributed by atoms with Crippen molar-refractivity contribution in [2.24, 2.45) is 5.92 Å². The summed E-state index contributed by atoms with van der Waals surface area (Å²) in [6.45, 7) is 3.29. The number of nitrogens with zero attached hydrogens (tertiary/aromatic N) is 2. The summed E-state index contributed by atoms with van der Waals surface area (Å²) in [6.07, 6.45) is 3.51. The fourth-order valence-electron chi connectivity index (χ4n) is 3.30. The Hall–Kier alpha value is -2.00. The van der Waals surface area contributed by atoms with Crippen molar-refractivity contribution in [3.05, 3.63) is 27.1 Å². The highest BCUT2D eigenvalue weighted by Gasteiger charge is 2.37. The zero-order valence-corrected chi connectivity index (χ0v) is 19.0. The van der Waals surface area contributed by atoms with E-state index in [0.29, 0.717) is 40.5 Å². The highest BCUT2D eigenvalue weighted by Crippen LogP contribution is 2.38. The van der Waals surface area contributed by atoms with Gasteiger partial charge in [-0.25, -0.2) is 0 Å². The maximum Gasteiger partial charge on any atom is 0.294 e. The standard InChI is InChI=1S/C20H23BrN2O5S/c1-12-4-6-22(7-5-12)17(24)11-23-19(25)16(29-20(23)26)10-13-8-14(21)18(28-3)15(9-13)27-2/h8-10,12H,4-7,11H2,1-3H3/b16-10+. The zero-order chi connectivity index (χ0) is 21.1. The molecule has 3 amide bonds. The molecule has 29 heavy (non-hydrogen) atoms. The molecule has 0 unspecified atom stereocenters. The number of hydrogen-bond donors (Lipinski definition) is 0. The third-order valence-corrected chi connectivity index (χ3v) is 6.55. The molecule has 0 atom stereocenters. The molecule has 2 aliphatic heterocycles. The third-order valence-electron chi connectivity index (χ3n) is 5.06. The number of thioether (sulfide) groups is 1. The van der Waals surface area contributed by atoms with Gasteiger partial charge in [-0.2, -0.15) is 0 Å². The molecule has 0 saturated carbocycles. The van der Waals surface area contributed by atoms with Gasteiger partial charge in [0.25, 0.3) is 11.1 Å². The van der Waals surface area contributed by atoms with Gasteiger partial charge in [0, 0.05) is 13.1 Å². The molecule has 1 aromatic carbocycles. The number of amides is 3. The minimum absolute atomic E-state index is 0.186. The number of carbonyl (C=O) groups excluding carboxylic acids is 3. The molecule has 7 nitrogen and oxygen atoms in total. The number of benzene rings is 1. The van der Waals surface area contributed by atoms with E-state index in [1.165, 1.54) is 14.2 Å². The lowest BCUT2D eigenvalue weighted by Gasteiger charge is -2.31. The highest BCUT2D eigenvalue weighted by atomic mass is 79.9. The molecule has 2 heterocycles. The smallest absolute Gasteiger partial charge is 0.294 e. The maximum absolute atomic E-state index is 12.7. The predicted octanol–water partition coefficient (Wildman–Crippen LogP) is 3.76. The third kappa shape index (κ3) is 4.78. The Morgan fingerprint density at radius 3 is 2.55 bits per heavy atom. The molecule has 156 valence electrons. The van der Waals surface area contributed by atoms with E-state index in [4.69, 9.17) is 9.47 Å². The summed E-state index contributed by atoms with van der Waals surface area (Å²) in [5, 5.41) is -0.431. The zero-order valence-electron chi connectivity index (χ0n) is 16.6. The number of rotatable bonds is 5. The first-order chi connectivity index (χ1) is 13.8. The van der Waals surface area contributed by atoms with Gasteiger partial charge < -0.3 is 14.4 Å². The van der Waals surface area contributed by atoms with Gasteiger partial charge in [0.2, 0.25) is 5.91 Å². The van der Waals surface area contributed by atoms with E-state index in [1.54, 1.807) is 23.1 Å². The van der Waals surface area contributed by atoms with Crippen molar-refractivity contribution in [1.82, 2.24) is 9.80 Å². The van der Waals surface area contributed by atoms with Crippen molar-refractivity contribution in [2.45, 2.75) is 19.8 Å². The van der Waals surface area contributed by atoms with E-state index < -0.39 is 11.1 Å². The lowest BCUT2D eigenvalue weighted by Crippen LogP contribution is -2.45. The summed E-state index contributed by atoms with van der Waals surface area (Å²) >= 11 is 4.25. The molecule has 1 aromatic rings. The van der Waals surface area contributed by atoms with Crippen LogP contribution in [0.5, 0.6) is 11.5 Å². The molecule has 0 aromatic heterocycles. The van der Waals surface area contributed by atoms with Crippen molar-refractivity contribution in [3.8, 4) is 11.5 Å². The fraction of sp³-hybridized carbons (Fsp3) is 0.450. The molecule has 0 bridgehead atoms. The van der Waals surface area contributed by atoms with E-state index in [2.05, 4.69) is 22.9 Å². The second-order valence-electron chi connectivity index (χ2n) is 7.07. The molecule has 2 fully saturated rings. The van der Waals surface area contributed by atoms with E-state index >= 15 is 0 Å². The molecule has 0 spiro atoms. The Morgan fingerprint density at radius 1 is 1.24 bits per heavy atom. The first-order valence-electron chi connectivity index (χ1n) is 9.28. The van der Waals surface area contributed by atoms with Crippen LogP contribution in [0.1, 0.15) is 25.3 Å². The van der Waals surface area contributed by atoms with Crippen LogP contribution in [0.3, 0.4) is 0 Å². The van der Waals surface area contributed by atoms with Crippen LogP contribution in [0.4, 0.5) is 4.79 Å². The van der Waals surface area contributed by atoms with Gasteiger partial charge in [-0.05, 0) is 70.2 Å². The topological polar surface area (TPSA) is 76.2 Å². The van der Waals surface area contributed by atoms with Crippen molar-refractivity contribution in [3.63, 3.8) is 0 Å². The number of methoxy groups -OCH3 is 2. The second kappa shape index (κ2) is 9.21. The van der Waals surface area contributed by atoms with Crippen molar-refractivity contribution in [2.75, 3.05) is 33.9 Å². The van der Waals surface area contributed by atoms with Gasteiger partial charge >= 0.3 is 0 Å². The predicted molar refractivity (Wildman–Crippen MR) is 115 cm³/mol. The number of likely N-dealkylation sites (tertiary alicyclic amines) is 1. The molecule has 9 heteroatoms. The number of carbonyl (C=O) groups is 3. The van der Waals surface area contributed by atoms with Crippen LogP contribution in [0.25, 0.3) is 6.08 Å². The van der Waals surface area contributed by atoms with Crippen LogP contribution in [0.15, 0.2) is 21.5 Å². The molecule has 3 rings (SSSR count). The van der Waals surface area contributed by atoms with Gasteiger partial charge in [0.1, 0.15) is 6.54 Å². The normalized spacial score (nSPS) is 19.2. The van der Waals surface area contributed by atoms with E-state index in [0.717, 1.165) is 29.5 Å². The molecular formula is C20H23BrN2O5S. The lowest BCUT2D eigenvalue weighted by atomic mass is 9.99. The SMILES string of the molecule is COc1cc(/C=C2/SC(=O)N(CC(=O)N3CCC(C)CC3)C2=O)cc(Br)c1OC. The van der Waals surface area contributed by atoms with Crippen LogP contribution >= 0.6 is 27.7 Å². The minimum Gasteiger partial charge on any atom is -0.493 e. The van der Waals surface area contributed by atoms with Gasteiger partial charge in [-0.3, -0.25) is 19.3 Å². The van der Waals surface area contributed by atoms with Crippen molar-refractivity contribution in [1.29, 1.82) is 0 Å². The van der Waals surface area contributed by atoms with E-state index in [1.807, 2.05) is 0 Å². The molecular weight excluding hydrogens is 460 g/mol. The lowest BCUT2D eigenvalue weighted by molar-refractivity contribution is -0.136. The average molecular weight is 483 g/mol. The van der Waals surface area contributed by atoms with Crippen LogP contribution in [-0.2, 0) is 9.59 Å². The van der Waals surface area contributed by atoms with Gasteiger partial charge in [0.15, 0.2) is 11.5 Å². The Bertz CT molecular complexity index is 865. The summed E-state index contributed by atoms with van der Waals surface area (Å²) in [6, 6.07) is 3.49. The average Bonchev–Trinajstić information content (AvgIpc) is 2.95.